The van der Waals surface area contributed by atoms with Crippen LogP contribution in [-0.2, 0) is 13.5 Å². The Labute approximate surface area is 89.0 Å². The predicted molar refractivity (Wildman–Crippen MR) is 58.3 cm³/mol. The molecule has 0 aliphatic heterocycles. The van der Waals surface area contributed by atoms with E-state index in [0.717, 1.165) is 11.1 Å². The third-order valence-electron chi connectivity index (χ3n) is 2.37. The summed E-state index contributed by atoms with van der Waals surface area (Å²) in [4.78, 5) is 0. The summed E-state index contributed by atoms with van der Waals surface area (Å²) < 4.78 is 1.74. The molecule has 1 N–H and O–H groups in total. The van der Waals surface area contributed by atoms with Crippen molar-refractivity contribution in [3.05, 3.63) is 53.9 Å². The molecule has 1 atom stereocenters. The zero-order valence-corrected chi connectivity index (χ0v) is 8.67. The second kappa shape index (κ2) is 4.28. The topological polar surface area (TPSA) is 38.0 Å². The van der Waals surface area contributed by atoms with Gasteiger partial charge in [-0.2, -0.15) is 5.10 Å². The Morgan fingerprint density at radius 2 is 2.07 bits per heavy atom. The van der Waals surface area contributed by atoms with E-state index in [1.165, 1.54) is 0 Å². The maximum atomic E-state index is 9.95. The molecular formula is C12H14N2O. The molecule has 0 spiro atoms. The maximum absolute atomic E-state index is 9.95. The fourth-order valence-corrected chi connectivity index (χ4v) is 1.59. The SMILES string of the molecule is Cn1cc(CC(O)c2ccccc2)cn1. The molecule has 0 saturated carbocycles. The van der Waals surface area contributed by atoms with Crippen LogP contribution in [0.25, 0.3) is 0 Å². The van der Waals surface area contributed by atoms with Gasteiger partial charge in [-0.25, -0.2) is 0 Å². The number of aliphatic hydroxyl groups is 1. The van der Waals surface area contributed by atoms with Gasteiger partial charge in [-0.15, -0.1) is 0 Å². The van der Waals surface area contributed by atoms with Gasteiger partial charge in [0.25, 0.3) is 0 Å². The molecular weight excluding hydrogens is 188 g/mol. The Hall–Kier alpha value is -1.61. The summed E-state index contributed by atoms with van der Waals surface area (Å²) in [7, 11) is 1.87. The van der Waals surface area contributed by atoms with Crippen LogP contribution in [0.2, 0.25) is 0 Å². The lowest BCUT2D eigenvalue weighted by Gasteiger charge is -2.08. The van der Waals surface area contributed by atoms with Crippen LogP contribution in [0.3, 0.4) is 0 Å². The van der Waals surface area contributed by atoms with E-state index in [-0.39, 0.29) is 0 Å². The van der Waals surface area contributed by atoms with E-state index < -0.39 is 6.10 Å². The smallest absolute Gasteiger partial charge is 0.0831 e. The first-order valence-corrected chi connectivity index (χ1v) is 4.96. The average Bonchev–Trinajstić information content (AvgIpc) is 2.65. The van der Waals surface area contributed by atoms with Gasteiger partial charge in [-0.05, 0) is 11.1 Å². The number of aromatic nitrogens is 2. The van der Waals surface area contributed by atoms with Crippen molar-refractivity contribution in [2.75, 3.05) is 0 Å². The lowest BCUT2D eigenvalue weighted by Crippen LogP contribution is -2.00. The number of benzene rings is 1. The van der Waals surface area contributed by atoms with Crippen LogP contribution in [0.1, 0.15) is 17.2 Å². The van der Waals surface area contributed by atoms with Crippen molar-refractivity contribution in [3.63, 3.8) is 0 Å². The standard InChI is InChI=1S/C12H14N2O/c1-14-9-10(8-13-14)7-12(15)11-5-3-2-4-6-11/h2-6,8-9,12,15H,7H2,1H3. The number of rotatable bonds is 3. The Kier molecular flexibility index (Phi) is 2.83. The van der Waals surface area contributed by atoms with Crippen LogP contribution in [0, 0.1) is 0 Å². The first-order valence-electron chi connectivity index (χ1n) is 4.96. The summed E-state index contributed by atoms with van der Waals surface area (Å²) in [5.41, 5.74) is 2.00. The van der Waals surface area contributed by atoms with E-state index in [0.29, 0.717) is 6.42 Å². The van der Waals surface area contributed by atoms with Gasteiger partial charge in [0.2, 0.25) is 0 Å². The normalized spacial score (nSPS) is 12.7. The Bertz CT molecular complexity index is 422. The summed E-state index contributed by atoms with van der Waals surface area (Å²) in [5.74, 6) is 0. The molecule has 1 unspecified atom stereocenters. The van der Waals surface area contributed by atoms with Crippen molar-refractivity contribution in [1.29, 1.82) is 0 Å². The highest BCUT2D eigenvalue weighted by Crippen LogP contribution is 2.17. The van der Waals surface area contributed by atoms with Crippen molar-refractivity contribution >= 4 is 0 Å². The van der Waals surface area contributed by atoms with Crippen LogP contribution >= 0.6 is 0 Å². The van der Waals surface area contributed by atoms with Crippen molar-refractivity contribution in [2.45, 2.75) is 12.5 Å². The molecule has 0 aliphatic rings. The highest BCUT2D eigenvalue weighted by Gasteiger charge is 2.08. The zero-order valence-electron chi connectivity index (χ0n) is 8.67. The molecule has 1 aromatic heterocycles. The molecule has 15 heavy (non-hydrogen) atoms. The van der Waals surface area contributed by atoms with E-state index in [1.807, 2.05) is 43.6 Å². The molecule has 78 valence electrons. The minimum atomic E-state index is -0.449. The monoisotopic (exact) mass is 202 g/mol. The minimum absolute atomic E-state index is 0.449. The first kappa shape index (κ1) is 9.93. The van der Waals surface area contributed by atoms with E-state index in [1.54, 1.807) is 10.9 Å². The van der Waals surface area contributed by atoms with Gasteiger partial charge in [0.1, 0.15) is 0 Å². The predicted octanol–water partition coefficient (Wildman–Crippen LogP) is 1.70. The van der Waals surface area contributed by atoms with Gasteiger partial charge in [0.05, 0.1) is 12.3 Å². The molecule has 2 aromatic rings. The van der Waals surface area contributed by atoms with E-state index in [2.05, 4.69) is 5.10 Å². The highest BCUT2D eigenvalue weighted by atomic mass is 16.3. The number of aliphatic hydroxyl groups excluding tert-OH is 1. The van der Waals surface area contributed by atoms with Gasteiger partial charge in [0.15, 0.2) is 0 Å². The Morgan fingerprint density at radius 3 is 2.67 bits per heavy atom. The minimum Gasteiger partial charge on any atom is -0.388 e. The summed E-state index contributed by atoms with van der Waals surface area (Å²) in [6.45, 7) is 0. The molecule has 0 fully saturated rings. The molecule has 1 aromatic carbocycles. The van der Waals surface area contributed by atoms with Crippen LogP contribution < -0.4 is 0 Å². The fraction of sp³-hybridized carbons (Fsp3) is 0.250. The van der Waals surface area contributed by atoms with Crippen LogP contribution in [-0.4, -0.2) is 14.9 Å². The van der Waals surface area contributed by atoms with Gasteiger partial charge < -0.3 is 5.11 Å². The van der Waals surface area contributed by atoms with Crippen LogP contribution in [0.5, 0.6) is 0 Å². The molecule has 3 nitrogen and oxygen atoms in total. The summed E-state index contributed by atoms with van der Waals surface area (Å²) in [6.07, 6.45) is 3.87. The van der Waals surface area contributed by atoms with E-state index >= 15 is 0 Å². The lowest BCUT2D eigenvalue weighted by molar-refractivity contribution is 0.178. The van der Waals surface area contributed by atoms with Crippen LogP contribution in [0.15, 0.2) is 42.7 Å². The van der Waals surface area contributed by atoms with Crippen molar-refractivity contribution in [2.24, 2.45) is 7.05 Å². The van der Waals surface area contributed by atoms with Gasteiger partial charge in [0, 0.05) is 19.7 Å². The Balaban J connectivity index is 2.07. The number of hydrogen-bond acceptors (Lipinski definition) is 2. The molecule has 2 rings (SSSR count). The molecule has 0 radical (unpaired) electrons. The quantitative estimate of drug-likeness (QED) is 0.822. The molecule has 1 heterocycles. The van der Waals surface area contributed by atoms with Gasteiger partial charge in [-0.1, -0.05) is 30.3 Å². The second-order valence-corrected chi connectivity index (χ2v) is 3.65. The number of aryl methyl sites for hydroxylation is 1. The first-order chi connectivity index (χ1) is 7.25. The van der Waals surface area contributed by atoms with Crippen molar-refractivity contribution in [3.8, 4) is 0 Å². The number of hydrogen-bond donors (Lipinski definition) is 1. The third kappa shape index (κ3) is 2.44. The van der Waals surface area contributed by atoms with Crippen molar-refractivity contribution in [1.82, 2.24) is 9.78 Å². The fourth-order valence-electron chi connectivity index (χ4n) is 1.59. The van der Waals surface area contributed by atoms with Gasteiger partial charge >= 0.3 is 0 Å². The molecule has 0 aliphatic carbocycles. The van der Waals surface area contributed by atoms with Gasteiger partial charge in [-0.3, -0.25) is 4.68 Å². The zero-order chi connectivity index (χ0) is 10.7. The summed E-state index contributed by atoms with van der Waals surface area (Å²) in [5, 5.41) is 14.0. The summed E-state index contributed by atoms with van der Waals surface area (Å²) in [6, 6.07) is 9.67. The van der Waals surface area contributed by atoms with Crippen molar-refractivity contribution < 1.29 is 5.11 Å². The maximum Gasteiger partial charge on any atom is 0.0831 e. The molecule has 3 heteroatoms. The molecule has 0 saturated heterocycles. The largest absolute Gasteiger partial charge is 0.388 e. The average molecular weight is 202 g/mol. The molecule has 0 amide bonds. The highest BCUT2D eigenvalue weighted by molar-refractivity contribution is 5.19. The van der Waals surface area contributed by atoms with E-state index in [9.17, 15) is 5.11 Å². The lowest BCUT2D eigenvalue weighted by atomic mass is 10.0. The third-order valence-corrected chi connectivity index (χ3v) is 2.37. The second-order valence-electron chi connectivity index (χ2n) is 3.65. The van der Waals surface area contributed by atoms with Crippen LogP contribution in [0.4, 0.5) is 0 Å². The number of nitrogens with zero attached hydrogens (tertiary/aromatic N) is 2. The Morgan fingerprint density at radius 1 is 1.33 bits per heavy atom. The molecule has 0 bridgehead atoms. The summed E-state index contributed by atoms with van der Waals surface area (Å²) >= 11 is 0. The van der Waals surface area contributed by atoms with E-state index in [4.69, 9.17) is 0 Å².